The number of rotatable bonds is 5. The predicted molar refractivity (Wildman–Crippen MR) is 96.3 cm³/mol. The molecule has 6 nitrogen and oxygen atoms in total. The summed E-state index contributed by atoms with van der Waals surface area (Å²) in [5.74, 6) is 1.11. The molecule has 0 aliphatic carbocycles. The van der Waals surface area contributed by atoms with Crippen molar-refractivity contribution in [2.75, 3.05) is 13.1 Å². The average Bonchev–Trinajstić information content (AvgIpc) is 3.23. The first-order valence-electron chi connectivity index (χ1n) is 9.05. The van der Waals surface area contributed by atoms with E-state index in [4.69, 9.17) is 0 Å². The lowest BCUT2D eigenvalue weighted by Crippen LogP contribution is -2.30. The zero-order valence-corrected chi connectivity index (χ0v) is 15.2. The first-order valence-corrected chi connectivity index (χ1v) is 9.05. The highest BCUT2D eigenvalue weighted by Gasteiger charge is 2.32. The first-order chi connectivity index (χ1) is 12.0. The number of aromatic nitrogens is 2. The number of amides is 2. The molecule has 2 amide bonds. The molecule has 134 valence electrons. The maximum atomic E-state index is 12.7. The van der Waals surface area contributed by atoms with E-state index >= 15 is 0 Å². The number of likely N-dealkylation sites (tertiary alicyclic amines) is 1. The smallest absolute Gasteiger partial charge is 0.272 e. The van der Waals surface area contributed by atoms with Gasteiger partial charge in [0, 0.05) is 26.2 Å². The normalized spacial score (nSPS) is 18.5. The molecule has 1 aliphatic rings. The van der Waals surface area contributed by atoms with Gasteiger partial charge in [-0.25, -0.2) is 4.98 Å². The number of nitrogens with one attached hydrogen (secondary N) is 1. The Bertz CT molecular complexity index is 783. The lowest BCUT2D eigenvalue weighted by Gasteiger charge is -2.22. The van der Waals surface area contributed by atoms with Crippen molar-refractivity contribution in [2.45, 2.75) is 46.1 Å². The summed E-state index contributed by atoms with van der Waals surface area (Å²) in [6.07, 6.45) is 4.77. The van der Waals surface area contributed by atoms with Crippen molar-refractivity contribution in [3.8, 4) is 0 Å². The summed E-state index contributed by atoms with van der Waals surface area (Å²) in [4.78, 5) is 31.1. The Labute approximate surface area is 148 Å². The van der Waals surface area contributed by atoms with Gasteiger partial charge >= 0.3 is 0 Å². The van der Waals surface area contributed by atoms with E-state index in [0.717, 1.165) is 37.1 Å². The molecule has 1 N–H and O–H groups in total. The first kappa shape index (κ1) is 17.5. The molecular formula is C19H26N4O2. The van der Waals surface area contributed by atoms with Crippen molar-refractivity contribution >= 4 is 17.3 Å². The maximum Gasteiger partial charge on any atom is 0.272 e. The minimum Gasteiger partial charge on any atom is -0.350 e. The quantitative estimate of drug-likeness (QED) is 0.908. The van der Waals surface area contributed by atoms with Crippen LogP contribution in [0.3, 0.4) is 0 Å². The van der Waals surface area contributed by atoms with Gasteiger partial charge in [-0.1, -0.05) is 26.3 Å². The molecule has 0 unspecified atom stereocenters. The second kappa shape index (κ2) is 7.25. The summed E-state index contributed by atoms with van der Waals surface area (Å²) in [5.41, 5.74) is 1.23. The van der Waals surface area contributed by atoms with E-state index in [1.807, 2.05) is 33.7 Å². The third kappa shape index (κ3) is 3.38. The molecule has 0 spiro atoms. The number of nitrogens with zero attached hydrogens (tertiary/aromatic N) is 3. The number of hydrogen-bond acceptors (Lipinski definition) is 3. The molecule has 2 aromatic heterocycles. The Balaban J connectivity index is 1.96. The van der Waals surface area contributed by atoms with E-state index in [9.17, 15) is 9.59 Å². The average molecular weight is 342 g/mol. The second-order valence-electron chi connectivity index (χ2n) is 6.87. The van der Waals surface area contributed by atoms with Gasteiger partial charge in [-0.3, -0.25) is 9.59 Å². The van der Waals surface area contributed by atoms with Gasteiger partial charge in [0.25, 0.3) is 5.91 Å². The fraction of sp³-hybridized carbons (Fsp3) is 0.526. The van der Waals surface area contributed by atoms with Crippen LogP contribution >= 0.6 is 0 Å². The topological polar surface area (TPSA) is 66.7 Å². The van der Waals surface area contributed by atoms with Crippen LogP contribution in [0.4, 0.5) is 0 Å². The van der Waals surface area contributed by atoms with Crippen LogP contribution in [-0.4, -0.2) is 39.2 Å². The summed E-state index contributed by atoms with van der Waals surface area (Å²) in [7, 11) is 0. The monoisotopic (exact) mass is 342 g/mol. The molecule has 1 fully saturated rings. The van der Waals surface area contributed by atoms with Crippen molar-refractivity contribution in [1.29, 1.82) is 0 Å². The molecule has 3 rings (SSSR count). The number of imidazole rings is 1. The van der Waals surface area contributed by atoms with Crippen LogP contribution in [0.1, 0.15) is 62.4 Å². The third-order valence-electron chi connectivity index (χ3n) is 5.05. The SMILES string of the molecule is CC[C@@H](C)CNC(=O)c1nc([C@H]2CCCN2C(C)=O)n2ccccc12. The van der Waals surface area contributed by atoms with Crippen LogP contribution in [0.5, 0.6) is 0 Å². The van der Waals surface area contributed by atoms with Gasteiger partial charge in [-0.05, 0) is 30.9 Å². The number of hydrogen-bond donors (Lipinski definition) is 1. The summed E-state index contributed by atoms with van der Waals surface area (Å²) in [5, 5.41) is 2.98. The van der Waals surface area contributed by atoms with E-state index in [-0.39, 0.29) is 17.9 Å². The zero-order chi connectivity index (χ0) is 18.0. The van der Waals surface area contributed by atoms with Crippen molar-refractivity contribution in [1.82, 2.24) is 19.6 Å². The van der Waals surface area contributed by atoms with Gasteiger partial charge in [0.1, 0.15) is 5.82 Å². The Morgan fingerprint density at radius 1 is 1.40 bits per heavy atom. The van der Waals surface area contributed by atoms with E-state index in [2.05, 4.69) is 24.1 Å². The molecule has 6 heteroatoms. The summed E-state index contributed by atoms with van der Waals surface area (Å²) < 4.78 is 1.95. The van der Waals surface area contributed by atoms with Crippen LogP contribution in [0.15, 0.2) is 24.4 Å². The van der Waals surface area contributed by atoms with E-state index in [1.165, 1.54) is 0 Å². The zero-order valence-electron chi connectivity index (χ0n) is 15.2. The Hall–Kier alpha value is -2.37. The maximum absolute atomic E-state index is 12.7. The minimum atomic E-state index is -0.150. The highest BCUT2D eigenvalue weighted by molar-refractivity contribution is 5.99. The summed E-state index contributed by atoms with van der Waals surface area (Å²) >= 11 is 0. The van der Waals surface area contributed by atoms with Crippen molar-refractivity contribution < 1.29 is 9.59 Å². The molecule has 3 heterocycles. The molecule has 0 saturated carbocycles. The van der Waals surface area contributed by atoms with Crippen molar-refractivity contribution in [2.24, 2.45) is 5.92 Å². The lowest BCUT2D eigenvalue weighted by molar-refractivity contribution is -0.129. The number of carbonyl (C=O) groups excluding carboxylic acids is 2. The largest absolute Gasteiger partial charge is 0.350 e. The van der Waals surface area contributed by atoms with Crippen LogP contribution < -0.4 is 5.32 Å². The molecule has 0 aromatic carbocycles. The third-order valence-corrected chi connectivity index (χ3v) is 5.05. The molecule has 0 bridgehead atoms. The summed E-state index contributed by atoms with van der Waals surface area (Å²) in [6.45, 7) is 7.20. The Morgan fingerprint density at radius 2 is 2.20 bits per heavy atom. The number of carbonyl (C=O) groups is 2. The number of fused-ring (bicyclic) bond motifs is 1. The van der Waals surface area contributed by atoms with Gasteiger partial charge in [-0.2, -0.15) is 0 Å². The second-order valence-corrected chi connectivity index (χ2v) is 6.87. The van der Waals surface area contributed by atoms with Gasteiger partial charge in [0.2, 0.25) is 5.91 Å². The molecule has 2 atom stereocenters. The standard InChI is InChI=1S/C19H26N4O2/c1-4-13(2)12-20-19(25)17-15-8-5-6-10-23(15)18(21-17)16-9-7-11-22(16)14(3)24/h5-6,8,10,13,16H,4,7,9,11-12H2,1-3H3,(H,20,25)/t13-,16-/m1/s1. The van der Waals surface area contributed by atoms with Gasteiger partial charge < -0.3 is 14.6 Å². The highest BCUT2D eigenvalue weighted by Crippen LogP contribution is 2.32. The van der Waals surface area contributed by atoms with Gasteiger partial charge in [-0.15, -0.1) is 0 Å². The van der Waals surface area contributed by atoms with E-state index < -0.39 is 0 Å². The molecule has 25 heavy (non-hydrogen) atoms. The lowest BCUT2D eigenvalue weighted by atomic mass is 10.1. The van der Waals surface area contributed by atoms with E-state index in [1.54, 1.807) is 6.92 Å². The number of pyridine rings is 1. The summed E-state index contributed by atoms with van der Waals surface area (Å²) in [6, 6.07) is 5.67. The van der Waals surface area contributed by atoms with Crippen molar-refractivity contribution in [3.05, 3.63) is 35.9 Å². The molecule has 1 saturated heterocycles. The molecule has 0 radical (unpaired) electrons. The molecule has 2 aromatic rings. The van der Waals surface area contributed by atoms with Crippen LogP contribution in [0, 0.1) is 5.92 Å². The Morgan fingerprint density at radius 3 is 2.92 bits per heavy atom. The minimum absolute atomic E-state index is 0.0537. The highest BCUT2D eigenvalue weighted by atomic mass is 16.2. The molecule has 1 aliphatic heterocycles. The van der Waals surface area contributed by atoms with Gasteiger partial charge in [0.15, 0.2) is 5.69 Å². The fourth-order valence-electron chi connectivity index (χ4n) is 3.37. The Kier molecular flexibility index (Phi) is 5.06. The van der Waals surface area contributed by atoms with Crippen LogP contribution in [0.25, 0.3) is 5.52 Å². The fourth-order valence-corrected chi connectivity index (χ4v) is 3.37. The predicted octanol–water partition coefficient (Wildman–Crippen LogP) is 2.79. The van der Waals surface area contributed by atoms with Crippen LogP contribution in [-0.2, 0) is 4.79 Å². The van der Waals surface area contributed by atoms with Crippen LogP contribution in [0.2, 0.25) is 0 Å². The van der Waals surface area contributed by atoms with Crippen molar-refractivity contribution in [3.63, 3.8) is 0 Å². The van der Waals surface area contributed by atoms with Gasteiger partial charge in [0.05, 0.1) is 11.6 Å². The molecular weight excluding hydrogens is 316 g/mol. The van der Waals surface area contributed by atoms with E-state index in [0.29, 0.717) is 18.2 Å².